The summed E-state index contributed by atoms with van der Waals surface area (Å²) < 4.78 is 31.0. The molecule has 1 fully saturated rings. The molecule has 3 heterocycles. The lowest BCUT2D eigenvalue weighted by Gasteiger charge is -2.04. The highest BCUT2D eigenvalue weighted by molar-refractivity contribution is 5.40. The van der Waals surface area contributed by atoms with Crippen LogP contribution < -0.4 is 5.32 Å². The van der Waals surface area contributed by atoms with E-state index in [0.29, 0.717) is 5.82 Å². The van der Waals surface area contributed by atoms with Crippen LogP contribution in [-0.4, -0.2) is 32.6 Å². The molecule has 8 heteroatoms. The maximum atomic E-state index is 13.0. The second kappa shape index (κ2) is 4.05. The smallest absolute Gasteiger partial charge is 0.262 e. The number of nitrogens with zero attached hydrogens (tertiary/aromatic N) is 4. The first-order valence-electron chi connectivity index (χ1n) is 5.36. The van der Waals surface area contributed by atoms with Crippen molar-refractivity contribution < 1.29 is 13.3 Å². The molecule has 1 unspecified atom stereocenters. The molecule has 0 radical (unpaired) electrons. The molecule has 18 heavy (non-hydrogen) atoms. The summed E-state index contributed by atoms with van der Waals surface area (Å²) in [6.07, 6.45) is 2.74. The van der Waals surface area contributed by atoms with E-state index in [2.05, 4.69) is 25.4 Å². The average Bonchev–Trinajstić information content (AvgIpc) is 2.96. The zero-order chi connectivity index (χ0) is 12.6. The summed E-state index contributed by atoms with van der Waals surface area (Å²) >= 11 is 0. The van der Waals surface area contributed by atoms with Crippen molar-refractivity contribution >= 4 is 0 Å². The molecule has 2 aromatic heterocycles. The Morgan fingerprint density at radius 1 is 1.28 bits per heavy atom. The third kappa shape index (κ3) is 2.06. The van der Waals surface area contributed by atoms with E-state index in [1.165, 1.54) is 0 Å². The van der Waals surface area contributed by atoms with E-state index in [1.54, 1.807) is 18.5 Å². The SMILES string of the molecule is FC1(F)CNC(c2nc(-c3ncccn3)no2)C1. The van der Waals surface area contributed by atoms with Gasteiger partial charge in [0.2, 0.25) is 17.5 Å². The summed E-state index contributed by atoms with van der Waals surface area (Å²) in [5.41, 5.74) is 0. The van der Waals surface area contributed by atoms with E-state index in [9.17, 15) is 8.78 Å². The van der Waals surface area contributed by atoms with Gasteiger partial charge in [0, 0.05) is 18.8 Å². The van der Waals surface area contributed by atoms with Crippen molar-refractivity contribution in [1.29, 1.82) is 0 Å². The van der Waals surface area contributed by atoms with E-state index in [0.717, 1.165) is 0 Å². The zero-order valence-electron chi connectivity index (χ0n) is 9.18. The topological polar surface area (TPSA) is 76.7 Å². The summed E-state index contributed by atoms with van der Waals surface area (Å²) in [7, 11) is 0. The third-order valence-corrected chi connectivity index (χ3v) is 2.62. The van der Waals surface area contributed by atoms with Gasteiger partial charge in [-0.05, 0) is 6.07 Å². The minimum atomic E-state index is -2.73. The number of nitrogens with one attached hydrogen (secondary N) is 1. The van der Waals surface area contributed by atoms with Crippen LogP contribution in [0.1, 0.15) is 18.4 Å². The van der Waals surface area contributed by atoms with E-state index in [1.807, 2.05) is 0 Å². The highest BCUT2D eigenvalue weighted by Gasteiger charge is 2.42. The van der Waals surface area contributed by atoms with Gasteiger partial charge in [0.25, 0.3) is 5.92 Å². The van der Waals surface area contributed by atoms with E-state index >= 15 is 0 Å². The molecular weight excluding hydrogens is 244 g/mol. The van der Waals surface area contributed by atoms with Crippen molar-refractivity contribution in [2.45, 2.75) is 18.4 Å². The monoisotopic (exact) mass is 253 g/mol. The average molecular weight is 253 g/mol. The van der Waals surface area contributed by atoms with Gasteiger partial charge in [0.05, 0.1) is 12.6 Å². The normalized spacial score (nSPS) is 22.2. The molecule has 0 amide bonds. The summed E-state index contributed by atoms with van der Waals surface area (Å²) in [6.45, 7) is -0.378. The molecule has 1 N–H and O–H groups in total. The standard InChI is InChI=1S/C10H9F2N5O/c11-10(12)4-6(15-5-10)9-16-8(17-18-9)7-13-2-1-3-14-7/h1-3,6,15H,4-5H2. The largest absolute Gasteiger partial charge is 0.337 e. The van der Waals surface area contributed by atoms with Crippen LogP contribution in [0.2, 0.25) is 0 Å². The highest BCUT2D eigenvalue weighted by Crippen LogP contribution is 2.33. The van der Waals surface area contributed by atoms with Crippen molar-refractivity contribution in [3.63, 3.8) is 0 Å². The first-order valence-corrected chi connectivity index (χ1v) is 5.36. The van der Waals surface area contributed by atoms with Crippen molar-refractivity contribution in [3.05, 3.63) is 24.4 Å². The van der Waals surface area contributed by atoms with Gasteiger partial charge in [0.1, 0.15) is 0 Å². The van der Waals surface area contributed by atoms with Crippen molar-refractivity contribution in [2.75, 3.05) is 6.54 Å². The fourth-order valence-corrected chi connectivity index (χ4v) is 1.77. The lowest BCUT2D eigenvalue weighted by Crippen LogP contribution is -2.19. The molecule has 1 atom stereocenters. The Hall–Kier alpha value is -1.96. The van der Waals surface area contributed by atoms with Crippen LogP contribution in [0.4, 0.5) is 8.78 Å². The van der Waals surface area contributed by atoms with Crippen LogP contribution in [0.3, 0.4) is 0 Å². The Balaban J connectivity index is 1.83. The summed E-state index contributed by atoms with van der Waals surface area (Å²) in [4.78, 5) is 11.9. The maximum Gasteiger partial charge on any atom is 0.262 e. The molecule has 1 aliphatic heterocycles. The number of hydrogen-bond acceptors (Lipinski definition) is 6. The number of rotatable bonds is 2. The molecule has 1 aliphatic rings. The van der Waals surface area contributed by atoms with Gasteiger partial charge in [-0.3, -0.25) is 5.32 Å². The fraction of sp³-hybridized carbons (Fsp3) is 0.400. The molecule has 0 aliphatic carbocycles. The van der Waals surface area contributed by atoms with Crippen molar-refractivity contribution in [3.8, 4) is 11.6 Å². The van der Waals surface area contributed by atoms with E-state index in [4.69, 9.17) is 4.52 Å². The summed E-state index contributed by atoms with van der Waals surface area (Å²) in [6, 6.07) is 1.04. The Labute approximate surface area is 100 Å². The molecule has 3 rings (SSSR count). The minimum absolute atomic E-state index is 0.134. The van der Waals surface area contributed by atoms with Gasteiger partial charge in [-0.2, -0.15) is 4.98 Å². The molecule has 0 saturated carbocycles. The Kier molecular flexibility index (Phi) is 2.51. The molecule has 0 spiro atoms. The Bertz CT molecular complexity index is 544. The van der Waals surface area contributed by atoms with Crippen molar-refractivity contribution in [2.24, 2.45) is 0 Å². The lowest BCUT2D eigenvalue weighted by atomic mass is 10.2. The predicted octanol–water partition coefficient (Wildman–Crippen LogP) is 1.20. The molecule has 0 aromatic carbocycles. The minimum Gasteiger partial charge on any atom is -0.337 e. The molecule has 0 bridgehead atoms. The van der Waals surface area contributed by atoms with Crippen molar-refractivity contribution in [1.82, 2.24) is 25.4 Å². The maximum absolute atomic E-state index is 13.0. The van der Waals surface area contributed by atoms with Crippen LogP contribution >= 0.6 is 0 Å². The first kappa shape index (κ1) is 11.1. The van der Waals surface area contributed by atoms with E-state index < -0.39 is 12.0 Å². The summed E-state index contributed by atoms with van der Waals surface area (Å²) in [5.74, 6) is -2.10. The highest BCUT2D eigenvalue weighted by atomic mass is 19.3. The lowest BCUT2D eigenvalue weighted by molar-refractivity contribution is 0.0200. The molecule has 6 nitrogen and oxygen atoms in total. The van der Waals surface area contributed by atoms with Gasteiger partial charge in [-0.25, -0.2) is 18.7 Å². The molecule has 1 saturated heterocycles. The number of aromatic nitrogens is 4. The Morgan fingerprint density at radius 3 is 2.72 bits per heavy atom. The van der Waals surface area contributed by atoms with Gasteiger partial charge in [-0.1, -0.05) is 5.16 Å². The van der Waals surface area contributed by atoms with E-state index in [-0.39, 0.29) is 24.7 Å². The summed E-state index contributed by atoms with van der Waals surface area (Å²) in [5, 5.41) is 6.32. The number of hydrogen-bond donors (Lipinski definition) is 1. The van der Waals surface area contributed by atoms with Gasteiger partial charge >= 0.3 is 0 Å². The van der Waals surface area contributed by atoms with Gasteiger partial charge in [0.15, 0.2) is 0 Å². The van der Waals surface area contributed by atoms with Crippen LogP contribution in [0, 0.1) is 0 Å². The Morgan fingerprint density at radius 2 is 2.06 bits per heavy atom. The molecular formula is C10H9F2N5O. The first-order chi connectivity index (χ1) is 8.64. The molecule has 94 valence electrons. The second-order valence-corrected chi connectivity index (χ2v) is 4.02. The molecule has 2 aromatic rings. The van der Waals surface area contributed by atoms with Gasteiger partial charge in [-0.15, -0.1) is 0 Å². The van der Waals surface area contributed by atoms with Gasteiger partial charge < -0.3 is 4.52 Å². The predicted molar refractivity (Wildman–Crippen MR) is 55.6 cm³/mol. The number of alkyl halides is 2. The quantitative estimate of drug-likeness (QED) is 0.866. The van der Waals surface area contributed by atoms with Crippen LogP contribution in [0.5, 0.6) is 0 Å². The second-order valence-electron chi connectivity index (χ2n) is 4.02. The fourth-order valence-electron chi connectivity index (χ4n) is 1.77. The van der Waals surface area contributed by atoms with Crippen LogP contribution in [-0.2, 0) is 0 Å². The van der Waals surface area contributed by atoms with Crippen LogP contribution in [0.25, 0.3) is 11.6 Å². The van der Waals surface area contributed by atoms with Crippen LogP contribution in [0.15, 0.2) is 23.0 Å². The zero-order valence-corrected chi connectivity index (χ0v) is 9.18. The third-order valence-electron chi connectivity index (χ3n) is 2.62. The number of halogens is 2.